The van der Waals surface area contributed by atoms with E-state index in [2.05, 4.69) is 24.1 Å². The van der Waals surface area contributed by atoms with E-state index in [4.69, 9.17) is 21.1 Å². The van der Waals surface area contributed by atoms with Gasteiger partial charge in [0.25, 0.3) is 0 Å². The lowest BCUT2D eigenvalue weighted by Crippen LogP contribution is -2.41. The van der Waals surface area contributed by atoms with E-state index in [0.29, 0.717) is 23.2 Å². The van der Waals surface area contributed by atoms with Crippen LogP contribution in [-0.2, 0) is 11.3 Å². The minimum Gasteiger partial charge on any atom is -0.454 e. The van der Waals surface area contributed by atoms with Crippen LogP contribution in [0.25, 0.3) is 0 Å². The first kappa shape index (κ1) is 15.4. The molecule has 22 heavy (non-hydrogen) atoms. The quantitative estimate of drug-likeness (QED) is 0.904. The first-order valence-electron chi connectivity index (χ1n) is 7.64. The van der Waals surface area contributed by atoms with Crippen LogP contribution in [0.15, 0.2) is 12.1 Å². The van der Waals surface area contributed by atoms with Crippen LogP contribution in [0.2, 0.25) is 5.02 Å². The van der Waals surface area contributed by atoms with Crippen LogP contribution in [0, 0.1) is 0 Å². The van der Waals surface area contributed by atoms with E-state index in [0.717, 1.165) is 30.8 Å². The van der Waals surface area contributed by atoms with E-state index in [9.17, 15) is 4.79 Å². The largest absolute Gasteiger partial charge is 0.454 e. The average Bonchev–Trinajstić information content (AvgIpc) is 3.06. The summed E-state index contributed by atoms with van der Waals surface area (Å²) in [5, 5.41) is 3.71. The van der Waals surface area contributed by atoms with Crippen molar-refractivity contribution in [2.75, 3.05) is 13.3 Å². The summed E-state index contributed by atoms with van der Waals surface area (Å²) < 4.78 is 10.8. The third-order valence-electron chi connectivity index (χ3n) is 4.19. The van der Waals surface area contributed by atoms with Gasteiger partial charge in [0.15, 0.2) is 11.5 Å². The molecule has 2 aliphatic heterocycles. The normalized spacial score (nSPS) is 20.0. The molecule has 0 aliphatic carbocycles. The summed E-state index contributed by atoms with van der Waals surface area (Å²) in [4.78, 5) is 13.7. The predicted molar refractivity (Wildman–Crippen MR) is 84.3 cm³/mol. The number of nitrogens with one attached hydrogen (secondary N) is 1. The second-order valence-corrected chi connectivity index (χ2v) is 6.53. The molecule has 1 fully saturated rings. The van der Waals surface area contributed by atoms with Crippen LogP contribution in [0.1, 0.15) is 32.3 Å². The fourth-order valence-electron chi connectivity index (χ4n) is 2.85. The third-order valence-corrected chi connectivity index (χ3v) is 4.54. The Morgan fingerprint density at radius 1 is 1.36 bits per heavy atom. The molecule has 6 heteroatoms. The van der Waals surface area contributed by atoms with Gasteiger partial charge < -0.3 is 14.8 Å². The molecule has 1 N–H and O–H groups in total. The highest BCUT2D eigenvalue weighted by Crippen LogP contribution is 2.37. The second-order valence-electron chi connectivity index (χ2n) is 6.12. The maximum Gasteiger partial charge on any atom is 0.231 e. The molecule has 1 aromatic carbocycles. The van der Waals surface area contributed by atoms with Crippen molar-refractivity contribution in [2.45, 2.75) is 45.3 Å². The topological polar surface area (TPSA) is 50.8 Å². The molecule has 1 amide bonds. The molecular weight excluding hydrogens is 304 g/mol. The van der Waals surface area contributed by atoms with Gasteiger partial charge in [0.2, 0.25) is 12.7 Å². The molecule has 120 valence electrons. The van der Waals surface area contributed by atoms with E-state index in [1.165, 1.54) is 0 Å². The summed E-state index contributed by atoms with van der Waals surface area (Å²) in [6, 6.07) is 4.35. The standard InChI is InChI=1S/C16H21ClN2O3/c1-10(2)19(8-12-3-4-16(20)18-12)7-11-5-14-15(6-13(11)17)22-9-21-14/h5-6,10,12H,3-4,7-9H2,1-2H3,(H,18,20). The van der Waals surface area contributed by atoms with Crippen LogP contribution in [0.4, 0.5) is 0 Å². The highest BCUT2D eigenvalue weighted by atomic mass is 35.5. The van der Waals surface area contributed by atoms with Gasteiger partial charge in [-0.15, -0.1) is 0 Å². The lowest BCUT2D eigenvalue weighted by atomic mass is 10.1. The Morgan fingerprint density at radius 2 is 2.09 bits per heavy atom. The molecule has 1 saturated heterocycles. The number of fused-ring (bicyclic) bond motifs is 1. The smallest absolute Gasteiger partial charge is 0.231 e. The summed E-state index contributed by atoms with van der Waals surface area (Å²) in [7, 11) is 0. The second kappa shape index (κ2) is 6.34. The first-order valence-corrected chi connectivity index (χ1v) is 8.02. The molecule has 1 atom stereocenters. The van der Waals surface area contributed by atoms with E-state index in [1.54, 1.807) is 0 Å². The number of carbonyl (C=O) groups excluding carboxylic acids is 1. The van der Waals surface area contributed by atoms with Crippen molar-refractivity contribution in [3.05, 3.63) is 22.7 Å². The number of amides is 1. The first-order chi connectivity index (χ1) is 10.5. The number of hydrogen-bond acceptors (Lipinski definition) is 4. The Hall–Kier alpha value is -1.46. The van der Waals surface area contributed by atoms with E-state index in [1.807, 2.05) is 12.1 Å². The molecule has 1 unspecified atom stereocenters. The van der Waals surface area contributed by atoms with Crippen LogP contribution in [0.5, 0.6) is 11.5 Å². The maximum atomic E-state index is 11.4. The zero-order valence-electron chi connectivity index (χ0n) is 12.9. The maximum absolute atomic E-state index is 11.4. The summed E-state index contributed by atoms with van der Waals surface area (Å²) in [5.74, 6) is 1.60. The number of halogens is 1. The summed E-state index contributed by atoms with van der Waals surface area (Å²) in [6.45, 7) is 6.10. The molecule has 2 aliphatic rings. The van der Waals surface area contributed by atoms with Crippen LogP contribution < -0.4 is 14.8 Å². The van der Waals surface area contributed by atoms with Crippen LogP contribution in [-0.4, -0.2) is 36.2 Å². The Morgan fingerprint density at radius 3 is 2.73 bits per heavy atom. The van der Waals surface area contributed by atoms with Crippen molar-refractivity contribution in [2.24, 2.45) is 0 Å². The Bertz CT molecular complexity index is 577. The molecule has 3 rings (SSSR count). The number of rotatable bonds is 5. The minimum atomic E-state index is 0.148. The SMILES string of the molecule is CC(C)N(Cc1cc2c(cc1Cl)OCO2)CC1CCC(=O)N1. The highest BCUT2D eigenvalue weighted by molar-refractivity contribution is 6.31. The molecule has 0 aromatic heterocycles. The molecule has 0 bridgehead atoms. The Kier molecular flexibility index (Phi) is 4.45. The summed E-state index contributed by atoms with van der Waals surface area (Å²) in [5.41, 5.74) is 1.02. The Labute approximate surface area is 135 Å². The van der Waals surface area contributed by atoms with Gasteiger partial charge in [-0.25, -0.2) is 0 Å². The minimum absolute atomic E-state index is 0.148. The molecule has 0 radical (unpaired) electrons. The number of hydrogen-bond donors (Lipinski definition) is 1. The summed E-state index contributed by atoms with van der Waals surface area (Å²) in [6.07, 6.45) is 1.53. The van der Waals surface area contributed by atoms with Gasteiger partial charge in [-0.05, 0) is 31.9 Å². The third kappa shape index (κ3) is 3.31. The predicted octanol–water partition coefficient (Wildman–Crippen LogP) is 2.56. The van der Waals surface area contributed by atoms with Gasteiger partial charge in [-0.2, -0.15) is 0 Å². The highest BCUT2D eigenvalue weighted by Gasteiger charge is 2.25. The van der Waals surface area contributed by atoms with Crippen molar-refractivity contribution >= 4 is 17.5 Å². The van der Waals surface area contributed by atoms with Gasteiger partial charge in [0.05, 0.1) is 0 Å². The van der Waals surface area contributed by atoms with Gasteiger partial charge in [0, 0.05) is 42.7 Å². The number of carbonyl (C=O) groups is 1. The van der Waals surface area contributed by atoms with Gasteiger partial charge in [-0.1, -0.05) is 11.6 Å². The zero-order valence-corrected chi connectivity index (χ0v) is 13.7. The van der Waals surface area contributed by atoms with E-state index < -0.39 is 0 Å². The van der Waals surface area contributed by atoms with Crippen LogP contribution in [0.3, 0.4) is 0 Å². The van der Waals surface area contributed by atoms with Gasteiger partial charge in [-0.3, -0.25) is 9.69 Å². The molecule has 5 nitrogen and oxygen atoms in total. The van der Waals surface area contributed by atoms with Crippen molar-refractivity contribution in [1.29, 1.82) is 0 Å². The van der Waals surface area contributed by atoms with Crippen molar-refractivity contribution in [1.82, 2.24) is 10.2 Å². The van der Waals surface area contributed by atoms with Crippen molar-refractivity contribution in [3.63, 3.8) is 0 Å². The van der Waals surface area contributed by atoms with Gasteiger partial charge in [0.1, 0.15) is 0 Å². The molecular formula is C16H21ClN2O3. The molecule has 0 spiro atoms. The lowest BCUT2D eigenvalue weighted by Gasteiger charge is -2.29. The van der Waals surface area contributed by atoms with Crippen LogP contribution >= 0.6 is 11.6 Å². The summed E-state index contributed by atoms with van der Waals surface area (Å²) >= 11 is 6.36. The van der Waals surface area contributed by atoms with Crippen molar-refractivity contribution < 1.29 is 14.3 Å². The van der Waals surface area contributed by atoms with Crippen molar-refractivity contribution in [3.8, 4) is 11.5 Å². The molecule has 1 aromatic rings. The van der Waals surface area contributed by atoms with E-state index in [-0.39, 0.29) is 18.7 Å². The molecule has 0 saturated carbocycles. The zero-order chi connectivity index (χ0) is 15.7. The Balaban J connectivity index is 1.72. The fourth-order valence-corrected chi connectivity index (χ4v) is 3.07. The number of ether oxygens (including phenoxy) is 2. The average molecular weight is 325 g/mol. The fraction of sp³-hybridized carbons (Fsp3) is 0.562. The molecule has 2 heterocycles. The number of nitrogens with zero attached hydrogens (tertiary/aromatic N) is 1. The van der Waals surface area contributed by atoms with E-state index >= 15 is 0 Å². The number of benzene rings is 1. The van der Waals surface area contributed by atoms with Gasteiger partial charge >= 0.3 is 0 Å². The lowest BCUT2D eigenvalue weighted by molar-refractivity contribution is -0.119. The monoisotopic (exact) mass is 324 g/mol.